The van der Waals surface area contributed by atoms with Crippen molar-refractivity contribution in [1.82, 2.24) is 0 Å². The predicted molar refractivity (Wildman–Crippen MR) is 119 cm³/mol. The first-order chi connectivity index (χ1) is 15.4. The Balaban J connectivity index is 0.000000181. The SMILES string of the molecule is O=C(c1ccccc1)c1ccc(O)cc1O.O=C(c1ccccc1O)c1ccccc1O. The summed E-state index contributed by atoms with van der Waals surface area (Å²) in [6.45, 7) is 0. The topological polar surface area (TPSA) is 115 Å². The molecular weight excluding hydrogens is 408 g/mol. The quantitative estimate of drug-likeness (QED) is 0.352. The number of para-hydroxylation sites is 2. The number of ketones is 2. The molecule has 0 unspecified atom stereocenters. The number of phenolic OH excluding ortho intramolecular Hbond substituents is 4. The van der Waals surface area contributed by atoms with E-state index in [0.717, 1.165) is 6.07 Å². The third-order valence-electron chi connectivity index (χ3n) is 4.56. The minimum atomic E-state index is -0.392. The summed E-state index contributed by atoms with van der Waals surface area (Å²) in [5.74, 6) is -1.11. The van der Waals surface area contributed by atoms with Crippen molar-refractivity contribution < 1.29 is 30.0 Å². The van der Waals surface area contributed by atoms with Gasteiger partial charge in [0.25, 0.3) is 0 Å². The number of rotatable bonds is 4. The second-order valence-corrected chi connectivity index (χ2v) is 6.76. The van der Waals surface area contributed by atoms with Crippen molar-refractivity contribution in [2.45, 2.75) is 0 Å². The van der Waals surface area contributed by atoms with E-state index in [9.17, 15) is 24.9 Å². The van der Waals surface area contributed by atoms with Gasteiger partial charge >= 0.3 is 0 Å². The Labute approximate surface area is 184 Å². The van der Waals surface area contributed by atoms with Gasteiger partial charge in [0.05, 0.1) is 16.7 Å². The van der Waals surface area contributed by atoms with Crippen LogP contribution in [-0.4, -0.2) is 32.0 Å². The molecule has 6 nitrogen and oxygen atoms in total. The molecule has 4 N–H and O–H groups in total. The molecule has 4 aromatic rings. The fraction of sp³-hybridized carbons (Fsp3) is 0. The second-order valence-electron chi connectivity index (χ2n) is 6.76. The first-order valence-electron chi connectivity index (χ1n) is 9.61. The van der Waals surface area contributed by atoms with E-state index in [-0.39, 0.29) is 45.5 Å². The molecule has 0 aliphatic rings. The molecule has 0 radical (unpaired) electrons. The number of carbonyl (C=O) groups is 2. The molecule has 0 fully saturated rings. The molecule has 0 aliphatic carbocycles. The summed E-state index contributed by atoms with van der Waals surface area (Å²) in [5, 5.41) is 37.7. The van der Waals surface area contributed by atoms with Gasteiger partial charge in [-0.15, -0.1) is 0 Å². The Kier molecular flexibility index (Phi) is 6.88. The highest BCUT2D eigenvalue weighted by atomic mass is 16.3. The van der Waals surface area contributed by atoms with Crippen LogP contribution in [-0.2, 0) is 0 Å². The number of benzene rings is 4. The zero-order valence-corrected chi connectivity index (χ0v) is 16.8. The van der Waals surface area contributed by atoms with Gasteiger partial charge in [0.1, 0.15) is 23.0 Å². The molecule has 32 heavy (non-hydrogen) atoms. The van der Waals surface area contributed by atoms with Crippen molar-refractivity contribution in [3.63, 3.8) is 0 Å². The van der Waals surface area contributed by atoms with Gasteiger partial charge in [-0.05, 0) is 36.4 Å². The molecule has 0 saturated heterocycles. The van der Waals surface area contributed by atoms with Crippen LogP contribution in [0.3, 0.4) is 0 Å². The molecule has 0 bridgehead atoms. The van der Waals surface area contributed by atoms with Crippen LogP contribution >= 0.6 is 0 Å². The Morgan fingerprint density at radius 2 is 0.938 bits per heavy atom. The number of hydrogen-bond acceptors (Lipinski definition) is 6. The standard InChI is InChI=1S/2C13H10O3/c14-11-7-3-1-5-9(11)13(16)10-6-2-4-8-12(10)15;14-10-6-7-11(12(15)8-10)13(16)9-4-2-1-3-5-9/h2*1-8,14-15H. The monoisotopic (exact) mass is 428 g/mol. The van der Waals surface area contributed by atoms with Crippen LogP contribution in [0.25, 0.3) is 0 Å². The number of carbonyl (C=O) groups excluding carboxylic acids is 2. The Morgan fingerprint density at radius 1 is 0.469 bits per heavy atom. The van der Waals surface area contributed by atoms with Crippen molar-refractivity contribution in [3.8, 4) is 23.0 Å². The summed E-state index contributed by atoms with van der Waals surface area (Å²) in [7, 11) is 0. The lowest BCUT2D eigenvalue weighted by Crippen LogP contribution is -2.01. The molecule has 0 saturated carbocycles. The lowest BCUT2D eigenvalue weighted by Gasteiger charge is -2.04. The summed E-state index contributed by atoms with van der Waals surface area (Å²) in [4.78, 5) is 23.9. The molecule has 6 heteroatoms. The van der Waals surface area contributed by atoms with Crippen LogP contribution in [0.4, 0.5) is 0 Å². The van der Waals surface area contributed by atoms with E-state index in [1.165, 1.54) is 36.4 Å². The summed E-state index contributed by atoms with van der Waals surface area (Å²) >= 11 is 0. The van der Waals surface area contributed by atoms with Gasteiger partial charge in [-0.3, -0.25) is 9.59 Å². The van der Waals surface area contributed by atoms with Gasteiger partial charge in [-0.1, -0.05) is 54.6 Å². The first-order valence-corrected chi connectivity index (χ1v) is 9.61. The van der Waals surface area contributed by atoms with Crippen LogP contribution in [0.15, 0.2) is 97.1 Å². The van der Waals surface area contributed by atoms with Crippen LogP contribution in [0, 0.1) is 0 Å². The normalized spacial score (nSPS) is 10.0. The maximum atomic E-state index is 12.0. The third kappa shape index (κ3) is 5.12. The number of phenols is 4. The molecule has 160 valence electrons. The highest BCUT2D eigenvalue weighted by Crippen LogP contribution is 2.25. The highest BCUT2D eigenvalue weighted by Gasteiger charge is 2.15. The zero-order chi connectivity index (χ0) is 23.1. The molecule has 0 amide bonds. The first kappa shape index (κ1) is 22.1. The van der Waals surface area contributed by atoms with Gasteiger partial charge in [-0.25, -0.2) is 0 Å². The molecule has 0 aliphatic heterocycles. The predicted octanol–water partition coefficient (Wildman–Crippen LogP) is 4.66. The van der Waals surface area contributed by atoms with Crippen molar-refractivity contribution in [2.24, 2.45) is 0 Å². The van der Waals surface area contributed by atoms with Crippen molar-refractivity contribution in [3.05, 3.63) is 119 Å². The lowest BCUT2D eigenvalue weighted by molar-refractivity contribution is 0.102. The zero-order valence-electron chi connectivity index (χ0n) is 16.8. The Bertz CT molecular complexity index is 1200. The van der Waals surface area contributed by atoms with E-state index in [1.807, 2.05) is 6.07 Å². The molecular formula is C26H20O6. The molecule has 0 atom stereocenters. The van der Waals surface area contributed by atoms with Gasteiger partial charge in [0.15, 0.2) is 11.6 Å². The smallest absolute Gasteiger partial charge is 0.200 e. The van der Waals surface area contributed by atoms with Crippen LogP contribution in [0.1, 0.15) is 31.8 Å². The van der Waals surface area contributed by atoms with Gasteiger partial charge in [-0.2, -0.15) is 0 Å². The fourth-order valence-electron chi connectivity index (χ4n) is 2.93. The van der Waals surface area contributed by atoms with E-state index in [1.54, 1.807) is 48.5 Å². The van der Waals surface area contributed by atoms with Gasteiger partial charge < -0.3 is 20.4 Å². The van der Waals surface area contributed by atoms with Crippen molar-refractivity contribution >= 4 is 11.6 Å². The molecule has 0 heterocycles. The minimum absolute atomic E-state index is 0.0675. The van der Waals surface area contributed by atoms with E-state index in [2.05, 4.69) is 0 Å². The highest BCUT2D eigenvalue weighted by molar-refractivity contribution is 6.12. The van der Waals surface area contributed by atoms with E-state index < -0.39 is 5.78 Å². The van der Waals surface area contributed by atoms with E-state index >= 15 is 0 Å². The Hall–Kier alpha value is -4.58. The van der Waals surface area contributed by atoms with Crippen molar-refractivity contribution in [1.29, 1.82) is 0 Å². The maximum absolute atomic E-state index is 12.0. The largest absolute Gasteiger partial charge is 0.508 e. The summed E-state index contributed by atoms with van der Waals surface area (Å²) < 4.78 is 0. The molecule has 0 spiro atoms. The third-order valence-corrected chi connectivity index (χ3v) is 4.56. The van der Waals surface area contributed by atoms with Gasteiger partial charge in [0, 0.05) is 11.6 Å². The fourth-order valence-corrected chi connectivity index (χ4v) is 2.93. The number of aromatic hydroxyl groups is 4. The Morgan fingerprint density at radius 3 is 1.44 bits per heavy atom. The second kappa shape index (κ2) is 9.95. The van der Waals surface area contributed by atoms with E-state index in [0.29, 0.717) is 5.56 Å². The van der Waals surface area contributed by atoms with Gasteiger partial charge in [0.2, 0.25) is 0 Å². The molecule has 4 aromatic carbocycles. The van der Waals surface area contributed by atoms with Crippen LogP contribution in [0.5, 0.6) is 23.0 Å². The summed E-state index contributed by atoms with van der Waals surface area (Å²) in [5.41, 5.74) is 1.06. The van der Waals surface area contributed by atoms with E-state index in [4.69, 9.17) is 5.11 Å². The summed E-state index contributed by atoms with van der Waals surface area (Å²) in [6, 6.07) is 25.1. The lowest BCUT2D eigenvalue weighted by atomic mass is 10.0. The number of hydrogen-bond donors (Lipinski definition) is 4. The molecule has 4 rings (SSSR count). The average Bonchev–Trinajstić information content (AvgIpc) is 2.80. The van der Waals surface area contributed by atoms with Crippen molar-refractivity contribution in [2.75, 3.05) is 0 Å². The van der Waals surface area contributed by atoms with Crippen LogP contribution < -0.4 is 0 Å². The minimum Gasteiger partial charge on any atom is -0.508 e. The maximum Gasteiger partial charge on any atom is 0.200 e. The summed E-state index contributed by atoms with van der Waals surface area (Å²) in [6.07, 6.45) is 0. The molecule has 0 aromatic heterocycles. The average molecular weight is 428 g/mol. The van der Waals surface area contributed by atoms with Crippen LogP contribution in [0.2, 0.25) is 0 Å².